The Balaban J connectivity index is 1.85. The number of rotatable bonds is 5. The SMILES string of the molecule is CN1SCC(=O)N(c2cc(-c3ccccc3Cl)c(N(C)C(=O)C(C)(C)c3cc(C(F)(F)F)cc(C(F)(F)F)c3)cn2)C1=O. The van der Waals surface area contributed by atoms with Crippen molar-refractivity contribution in [3.05, 3.63) is 76.4 Å². The molecule has 1 aromatic heterocycles. The lowest BCUT2D eigenvalue weighted by Gasteiger charge is -2.33. The van der Waals surface area contributed by atoms with Crippen LogP contribution in [0, 0.1) is 0 Å². The highest BCUT2D eigenvalue weighted by Crippen LogP contribution is 2.42. The van der Waals surface area contributed by atoms with E-state index in [9.17, 15) is 40.7 Å². The molecule has 7 nitrogen and oxygen atoms in total. The number of hydrogen-bond donors (Lipinski definition) is 0. The second-order valence-electron chi connectivity index (χ2n) is 10.1. The van der Waals surface area contributed by atoms with Crippen LogP contribution in [-0.4, -0.2) is 47.0 Å². The summed E-state index contributed by atoms with van der Waals surface area (Å²) in [5, 5.41) is 0.220. The van der Waals surface area contributed by atoms with Crippen LogP contribution in [0.25, 0.3) is 11.1 Å². The largest absolute Gasteiger partial charge is 0.416 e. The monoisotopic (exact) mass is 644 g/mol. The van der Waals surface area contributed by atoms with E-state index in [2.05, 4.69) is 4.98 Å². The van der Waals surface area contributed by atoms with Crippen molar-refractivity contribution in [2.24, 2.45) is 0 Å². The Kier molecular flexibility index (Phi) is 8.50. The topological polar surface area (TPSA) is 73.8 Å². The third-order valence-corrected chi connectivity index (χ3v) is 8.11. The summed E-state index contributed by atoms with van der Waals surface area (Å²) in [5.41, 5.74) is -4.86. The number of nitrogens with zero attached hydrogens (tertiary/aromatic N) is 4. The van der Waals surface area contributed by atoms with Gasteiger partial charge in [-0.25, -0.2) is 14.7 Å². The van der Waals surface area contributed by atoms with Gasteiger partial charge in [-0.3, -0.25) is 13.9 Å². The normalized spacial score (nSPS) is 14.8. The average molecular weight is 645 g/mol. The molecule has 4 amide bonds. The molecule has 0 radical (unpaired) electrons. The smallest absolute Gasteiger partial charge is 0.313 e. The van der Waals surface area contributed by atoms with Crippen LogP contribution in [-0.2, 0) is 27.4 Å². The fraction of sp³-hybridized carbons (Fsp3) is 0.286. The van der Waals surface area contributed by atoms with E-state index in [0.29, 0.717) is 17.7 Å². The van der Waals surface area contributed by atoms with Crippen molar-refractivity contribution in [2.45, 2.75) is 31.6 Å². The van der Waals surface area contributed by atoms with Gasteiger partial charge in [-0.15, -0.1) is 0 Å². The Morgan fingerprint density at radius 2 is 1.49 bits per heavy atom. The van der Waals surface area contributed by atoms with E-state index in [1.807, 2.05) is 0 Å². The number of urea groups is 1. The summed E-state index contributed by atoms with van der Waals surface area (Å²) in [5.74, 6) is -1.54. The Labute approximate surface area is 251 Å². The van der Waals surface area contributed by atoms with Gasteiger partial charge >= 0.3 is 18.4 Å². The van der Waals surface area contributed by atoms with E-state index in [1.165, 1.54) is 44.5 Å². The Morgan fingerprint density at radius 3 is 2.05 bits per heavy atom. The Bertz CT molecular complexity index is 1580. The fourth-order valence-corrected chi connectivity index (χ4v) is 5.30. The van der Waals surface area contributed by atoms with Gasteiger partial charge in [-0.2, -0.15) is 26.3 Å². The van der Waals surface area contributed by atoms with Crippen molar-refractivity contribution in [1.29, 1.82) is 0 Å². The third-order valence-electron chi connectivity index (χ3n) is 6.86. The van der Waals surface area contributed by atoms with Crippen molar-refractivity contribution < 1.29 is 40.7 Å². The molecule has 0 saturated carbocycles. The van der Waals surface area contributed by atoms with Crippen molar-refractivity contribution >= 4 is 52.9 Å². The molecule has 2 aromatic carbocycles. The number of halogens is 7. The zero-order valence-electron chi connectivity index (χ0n) is 23.0. The van der Waals surface area contributed by atoms with Crippen LogP contribution in [0.4, 0.5) is 42.6 Å². The lowest BCUT2D eigenvalue weighted by molar-refractivity contribution is -0.143. The predicted octanol–water partition coefficient (Wildman–Crippen LogP) is 7.43. The van der Waals surface area contributed by atoms with Crippen LogP contribution in [0.3, 0.4) is 0 Å². The summed E-state index contributed by atoms with van der Waals surface area (Å²) in [4.78, 5) is 45.4. The summed E-state index contributed by atoms with van der Waals surface area (Å²) >= 11 is 7.45. The van der Waals surface area contributed by atoms with Crippen LogP contribution in [0.15, 0.2) is 54.7 Å². The molecule has 228 valence electrons. The maximum Gasteiger partial charge on any atom is 0.416 e. The van der Waals surface area contributed by atoms with E-state index in [0.717, 1.165) is 21.7 Å². The third kappa shape index (κ3) is 6.30. The first-order valence-corrected chi connectivity index (χ1v) is 13.7. The minimum absolute atomic E-state index is 0.00889. The quantitative estimate of drug-likeness (QED) is 0.213. The molecule has 3 aromatic rings. The Morgan fingerprint density at radius 1 is 0.930 bits per heavy atom. The lowest BCUT2D eigenvalue weighted by atomic mass is 9.81. The first-order chi connectivity index (χ1) is 19.8. The first kappa shape index (κ1) is 32.1. The van der Waals surface area contributed by atoms with Crippen LogP contribution < -0.4 is 9.80 Å². The second-order valence-corrected chi connectivity index (χ2v) is 11.6. The molecule has 1 aliphatic rings. The highest BCUT2D eigenvalue weighted by molar-refractivity contribution is 7.98. The zero-order valence-corrected chi connectivity index (χ0v) is 24.5. The van der Waals surface area contributed by atoms with Crippen molar-refractivity contribution in [1.82, 2.24) is 9.29 Å². The van der Waals surface area contributed by atoms with E-state index in [4.69, 9.17) is 11.6 Å². The predicted molar refractivity (Wildman–Crippen MR) is 151 cm³/mol. The highest BCUT2D eigenvalue weighted by Gasteiger charge is 2.41. The van der Waals surface area contributed by atoms with Gasteiger partial charge in [0.05, 0.1) is 34.2 Å². The summed E-state index contributed by atoms with van der Waals surface area (Å²) in [7, 11) is 2.75. The lowest BCUT2D eigenvalue weighted by Crippen LogP contribution is -2.48. The Hall–Kier alpha value is -3.78. The number of alkyl halides is 6. The summed E-state index contributed by atoms with van der Waals surface area (Å²) < 4.78 is 82.6. The molecular formula is C28H23ClF6N4O3S. The molecule has 43 heavy (non-hydrogen) atoms. The number of aromatic nitrogens is 1. The minimum atomic E-state index is -5.10. The maximum absolute atomic E-state index is 13.9. The second kappa shape index (κ2) is 11.4. The standard InChI is InChI=1S/C28H23ClF6N4O3S/c1-26(2,15-9-16(27(30,31)32)11-17(10-15)28(33,34)35)24(41)37(3)21-13-36-22(39-23(40)14-43-38(4)25(39)42)12-19(21)18-7-5-6-8-20(18)29/h5-13H,14H2,1-4H3. The fourth-order valence-electron chi connectivity index (χ4n) is 4.44. The molecule has 15 heteroatoms. The molecular weight excluding hydrogens is 622 g/mol. The van der Waals surface area contributed by atoms with Gasteiger partial charge in [0.2, 0.25) is 11.8 Å². The van der Waals surface area contributed by atoms with E-state index < -0.39 is 52.3 Å². The van der Waals surface area contributed by atoms with E-state index in [-0.39, 0.29) is 33.9 Å². The molecule has 0 spiro atoms. The van der Waals surface area contributed by atoms with Crippen molar-refractivity contribution in [3.8, 4) is 11.1 Å². The summed E-state index contributed by atoms with van der Waals surface area (Å²) in [6.45, 7) is 2.41. The number of pyridine rings is 1. The molecule has 0 bridgehead atoms. The number of hydrogen-bond acceptors (Lipinski definition) is 5. The van der Waals surface area contributed by atoms with Gasteiger partial charge in [0, 0.05) is 30.2 Å². The number of carbonyl (C=O) groups is 3. The summed E-state index contributed by atoms with van der Waals surface area (Å²) in [6, 6.07) is 8.14. The number of amides is 4. The molecule has 0 unspecified atom stereocenters. The van der Waals surface area contributed by atoms with Crippen LogP contribution in [0.5, 0.6) is 0 Å². The first-order valence-electron chi connectivity index (χ1n) is 12.4. The zero-order chi connectivity index (χ0) is 32.1. The molecule has 0 N–H and O–H groups in total. The highest BCUT2D eigenvalue weighted by atomic mass is 35.5. The van der Waals surface area contributed by atoms with Crippen molar-refractivity contribution in [3.63, 3.8) is 0 Å². The molecule has 2 heterocycles. The summed E-state index contributed by atoms with van der Waals surface area (Å²) in [6.07, 6.45) is -9.03. The van der Waals surface area contributed by atoms with Gasteiger partial charge in [0.15, 0.2) is 0 Å². The van der Waals surface area contributed by atoms with Crippen molar-refractivity contribution in [2.75, 3.05) is 29.6 Å². The number of likely N-dealkylation sites (N-methyl/N-ethyl adjacent to an activating group) is 1. The van der Waals surface area contributed by atoms with Crippen LogP contribution in [0.1, 0.15) is 30.5 Å². The molecule has 0 aliphatic carbocycles. The van der Waals surface area contributed by atoms with Crippen LogP contribution in [0.2, 0.25) is 5.02 Å². The number of carbonyl (C=O) groups excluding carboxylic acids is 3. The van der Waals surface area contributed by atoms with Gasteiger partial charge < -0.3 is 4.90 Å². The maximum atomic E-state index is 13.9. The molecule has 0 atom stereocenters. The van der Waals surface area contributed by atoms with Gasteiger partial charge in [-0.1, -0.05) is 29.8 Å². The van der Waals surface area contributed by atoms with Gasteiger partial charge in [0.25, 0.3) is 0 Å². The molecule has 1 saturated heterocycles. The van der Waals surface area contributed by atoms with Gasteiger partial charge in [0.1, 0.15) is 5.82 Å². The number of imide groups is 1. The minimum Gasteiger partial charge on any atom is -0.313 e. The molecule has 1 fully saturated rings. The molecule has 1 aliphatic heterocycles. The molecule has 4 rings (SSSR count). The van der Waals surface area contributed by atoms with Crippen LogP contribution >= 0.6 is 23.5 Å². The number of benzene rings is 2. The van der Waals surface area contributed by atoms with E-state index >= 15 is 0 Å². The van der Waals surface area contributed by atoms with Gasteiger partial charge in [-0.05, 0) is 61.7 Å². The number of anilines is 2. The van der Waals surface area contributed by atoms with E-state index in [1.54, 1.807) is 24.3 Å². The average Bonchev–Trinajstić information content (AvgIpc) is 2.93.